The van der Waals surface area contributed by atoms with Gasteiger partial charge in [-0.1, -0.05) is 48.9 Å². The standard InChI is InChI=1S/C29H31ClN6O7/c1-17(12-32-25(19-6-4-3-5-7-19)22-11-20(30)8-9-23(22)38)10-24(39)42-14-21(13-41-18(2)37)43-16-36-15-33-26-27(36)34-29(31)35-28(26)40/h3-9,11,15,17,21,38H,10,12-14,16H2,1-2H3,(H3,31,34,35,40). The van der Waals surface area contributed by atoms with Crippen molar-refractivity contribution in [3.05, 3.63) is 81.4 Å². The van der Waals surface area contributed by atoms with Crippen molar-refractivity contribution >= 4 is 46.4 Å². The molecule has 4 aromatic rings. The molecule has 4 rings (SSSR count). The molecule has 43 heavy (non-hydrogen) atoms. The van der Waals surface area contributed by atoms with Crippen molar-refractivity contribution in [2.45, 2.75) is 33.1 Å². The summed E-state index contributed by atoms with van der Waals surface area (Å²) in [5, 5.41) is 10.9. The van der Waals surface area contributed by atoms with Crippen LogP contribution in [0.4, 0.5) is 5.95 Å². The highest BCUT2D eigenvalue weighted by Gasteiger charge is 2.19. The van der Waals surface area contributed by atoms with E-state index in [1.807, 2.05) is 37.3 Å². The molecule has 0 saturated carbocycles. The number of H-pyrrole nitrogens is 1. The molecule has 0 fully saturated rings. The number of ether oxygens (including phenoxy) is 3. The number of aliphatic imine (C=N–C) groups is 1. The number of hydrogen-bond donors (Lipinski definition) is 3. The second-order valence-electron chi connectivity index (χ2n) is 9.77. The second kappa shape index (κ2) is 14.4. The van der Waals surface area contributed by atoms with Gasteiger partial charge in [0.1, 0.15) is 31.8 Å². The van der Waals surface area contributed by atoms with Crippen LogP contribution in [0.25, 0.3) is 11.2 Å². The fraction of sp³-hybridized carbons (Fsp3) is 0.310. The van der Waals surface area contributed by atoms with Crippen LogP contribution in [0.2, 0.25) is 5.02 Å². The number of halogens is 1. The lowest BCUT2D eigenvalue weighted by Gasteiger charge is -2.19. The minimum absolute atomic E-state index is 0.0348. The molecule has 2 heterocycles. The largest absolute Gasteiger partial charge is 0.507 e. The molecule has 0 aliphatic heterocycles. The minimum atomic E-state index is -0.812. The van der Waals surface area contributed by atoms with Gasteiger partial charge in [-0.3, -0.25) is 28.9 Å². The first-order valence-electron chi connectivity index (χ1n) is 13.3. The third-order valence-electron chi connectivity index (χ3n) is 6.18. The van der Waals surface area contributed by atoms with Gasteiger partial charge in [-0.2, -0.15) is 4.98 Å². The summed E-state index contributed by atoms with van der Waals surface area (Å²) in [5.41, 5.74) is 7.23. The maximum Gasteiger partial charge on any atom is 0.306 e. The minimum Gasteiger partial charge on any atom is -0.507 e. The third-order valence-corrected chi connectivity index (χ3v) is 6.42. The lowest BCUT2D eigenvalue weighted by atomic mass is 10.0. The van der Waals surface area contributed by atoms with Crippen LogP contribution in [0.15, 0.2) is 64.6 Å². The Morgan fingerprint density at radius 2 is 1.91 bits per heavy atom. The first-order valence-corrected chi connectivity index (χ1v) is 13.7. The van der Waals surface area contributed by atoms with Crippen LogP contribution in [-0.2, 0) is 30.5 Å². The van der Waals surface area contributed by atoms with E-state index in [1.54, 1.807) is 12.1 Å². The Labute approximate surface area is 251 Å². The summed E-state index contributed by atoms with van der Waals surface area (Å²) < 4.78 is 17.7. The Morgan fingerprint density at radius 1 is 1.16 bits per heavy atom. The number of benzene rings is 2. The van der Waals surface area contributed by atoms with Crippen molar-refractivity contribution in [1.82, 2.24) is 19.5 Å². The van der Waals surface area contributed by atoms with Crippen molar-refractivity contribution in [2.75, 3.05) is 25.5 Å². The van der Waals surface area contributed by atoms with Crippen molar-refractivity contribution in [3.63, 3.8) is 0 Å². The van der Waals surface area contributed by atoms with Gasteiger partial charge < -0.3 is 25.1 Å². The molecule has 226 valence electrons. The lowest BCUT2D eigenvalue weighted by molar-refractivity contribution is -0.156. The second-order valence-corrected chi connectivity index (χ2v) is 10.2. The Bertz CT molecular complexity index is 1670. The predicted octanol–water partition coefficient (Wildman–Crippen LogP) is 3.07. The van der Waals surface area contributed by atoms with Gasteiger partial charge in [0.25, 0.3) is 5.56 Å². The average Bonchev–Trinajstić information content (AvgIpc) is 3.38. The number of aromatic hydroxyl groups is 1. The van der Waals surface area contributed by atoms with Gasteiger partial charge in [0.15, 0.2) is 11.2 Å². The fourth-order valence-corrected chi connectivity index (χ4v) is 4.24. The SMILES string of the molecule is CC(=O)OCC(COC(=O)CC(C)CN=C(c1ccccc1)c1cc(Cl)ccc1O)OCn1cnc2c(=O)[nH]c(N)nc21. The summed E-state index contributed by atoms with van der Waals surface area (Å²) in [5.74, 6) is -1.29. The first kappa shape index (κ1) is 31.2. The molecule has 14 heteroatoms. The van der Waals surface area contributed by atoms with Gasteiger partial charge in [0.2, 0.25) is 5.95 Å². The number of nitrogens with two attached hydrogens (primary N) is 1. The lowest BCUT2D eigenvalue weighted by Crippen LogP contribution is -2.29. The summed E-state index contributed by atoms with van der Waals surface area (Å²) in [7, 11) is 0. The van der Waals surface area contributed by atoms with E-state index >= 15 is 0 Å². The van der Waals surface area contributed by atoms with Crippen LogP contribution in [0.5, 0.6) is 5.75 Å². The number of aromatic amines is 1. The Hall–Kier alpha value is -4.75. The highest BCUT2D eigenvalue weighted by atomic mass is 35.5. The normalized spacial score (nSPS) is 13.0. The number of aromatic nitrogens is 4. The number of anilines is 1. The zero-order chi connectivity index (χ0) is 30.9. The van der Waals surface area contributed by atoms with E-state index < -0.39 is 23.6 Å². The highest BCUT2D eigenvalue weighted by Crippen LogP contribution is 2.25. The molecule has 0 amide bonds. The van der Waals surface area contributed by atoms with E-state index in [4.69, 9.17) is 36.5 Å². The van der Waals surface area contributed by atoms with Crippen molar-refractivity contribution in [1.29, 1.82) is 0 Å². The smallest absolute Gasteiger partial charge is 0.306 e. The Morgan fingerprint density at radius 3 is 2.65 bits per heavy atom. The zero-order valence-corrected chi connectivity index (χ0v) is 24.3. The summed E-state index contributed by atoms with van der Waals surface area (Å²) in [6.07, 6.45) is 0.593. The van der Waals surface area contributed by atoms with Crippen LogP contribution in [0, 0.1) is 5.92 Å². The number of carbonyl (C=O) groups is 2. The molecule has 0 aliphatic rings. The number of phenols is 1. The number of imidazole rings is 1. The number of nitrogens with one attached hydrogen (secondary N) is 1. The first-order chi connectivity index (χ1) is 20.6. The average molecular weight is 611 g/mol. The Balaban J connectivity index is 1.38. The summed E-state index contributed by atoms with van der Waals surface area (Å²) in [6.45, 7) is 2.87. The number of nitrogens with zero attached hydrogens (tertiary/aromatic N) is 4. The summed E-state index contributed by atoms with van der Waals surface area (Å²) in [4.78, 5) is 51.3. The topological polar surface area (TPSA) is 184 Å². The molecule has 2 atom stereocenters. The molecular weight excluding hydrogens is 580 g/mol. The number of rotatable bonds is 13. The number of nitrogen functional groups attached to an aromatic ring is 1. The molecule has 13 nitrogen and oxygen atoms in total. The summed E-state index contributed by atoms with van der Waals surface area (Å²) in [6, 6.07) is 14.1. The molecule has 0 spiro atoms. The molecule has 0 bridgehead atoms. The van der Waals surface area contributed by atoms with Crippen molar-refractivity contribution in [3.8, 4) is 5.75 Å². The maximum absolute atomic E-state index is 12.7. The number of phenolic OH excluding ortho intramolecular Hbond substituents is 1. The van der Waals surface area contributed by atoms with Crippen LogP contribution in [-0.4, -0.2) is 68.1 Å². The monoisotopic (exact) mass is 610 g/mol. The van der Waals surface area contributed by atoms with Gasteiger partial charge in [0, 0.05) is 36.0 Å². The van der Waals surface area contributed by atoms with E-state index in [-0.39, 0.29) is 61.7 Å². The molecule has 4 N–H and O–H groups in total. The van der Waals surface area contributed by atoms with Crippen molar-refractivity contribution in [2.24, 2.45) is 10.9 Å². The van der Waals surface area contributed by atoms with Gasteiger partial charge in [-0.25, -0.2) is 4.98 Å². The number of hydrogen-bond acceptors (Lipinski definition) is 11. The molecular formula is C29H31ClN6O7. The molecule has 2 unspecified atom stereocenters. The van der Waals surface area contributed by atoms with E-state index in [0.29, 0.717) is 16.3 Å². The maximum atomic E-state index is 12.7. The third kappa shape index (κ3) is 8.63. The fourth-order valence-electron chi connectivity index (χ4n) is 4.07. The van der Waals surface area contributed by atoms with Gasteiger partial charge in [-0.15, -0.1) is 0 Å². The van der Waals surface area contributed by atoms with Gasteiger partial charge in [-0.05, 0) is 24.1 Å². The quantitative estimate of drug-likeness (QED) is 0.150. The van der Waals surface area contributed by atoms with E-state index in [2.05, 4.69) is 15.0 Å². The van der Waals surface area contributed by atoms with Gasteiger partial charge in [0.05, 0.1) is 12.0 Å². The van der Waals surface area contributed by atoms with Gasteiger partial charge >= 0.3 is 11.9 Å². The molecule has 0 aliphatic carbocycles. The van der Waals surface area contributed by atoms with Crippen molar-refractivity contribution < 1.29 is 28.9 Å². The number of esters is 2. The molecule has 0 radical (unpaired) electrons. The highest BCUT2D eigenvalue weighted by molar-refractivity contribution is 6.31. The van der Waals surface area contributed by atoms with E-state index in [0.717, 1.165) is 5.56 Å². The van der Waals surface area contributed by atoms with E-state index in [1.165, 1.54) is 23.9 Å². The predicted molar refractivity (Wildman–Crippen MR) is 159 cm³/mol. The van der Waals surface area contributed by atoms with Crippen LogP contribution < -0.4 is 11.3 Å². The summed E-state index contributed by atoms with van der Waals surface area (Å²) >= 11 is 6.18. The number of fused-ring (bicyclic) bond motifs is 1. The molecule has 0 saturated heterocycles. The molecule has 2 aromatic heterocycles. The van der Waals surface area contributed by atoms with Crippen LogP contribution in [0.3, 0.4) is 0 Å². The molecule has 2 aromatic carbocycles. The van der Waals surface area contributed by atoms with E-state index in [9.17, 15) is 19.5 Å². The van der Waals surface area contributed by atoms with Crippen LogP contribution >= 0.6 is 11.6 Å². The Kier molecular flexibility index (Phi) is 10.5. The van der Waals surface area contributed by atoms with Crippen LogP contribution in [0.1, 0.15) is 31.4 Å². The zero-order valence-electron chi connectivity index (χ0n) is 23.5. The number of carbonyl (C=O) groups excluding carboxylic acids is 2.